The molecule has 1 aliphatic heterocycles. The topological polar surface area (TPSA) is 60.5 Å². The Bertz CT molecular complexity index is 733. The van der Waals surface area contributed by atoms with E-state index in [0.717, 1.165) is 11.1 Å². The minimum absolute atomic E-state index is 0.0175. The highest BCUT2D eigenvalue weighted by molar-refractivity contribution is 5.98. The summed E-state index contributed by atoms with van der Waals surface area (Å²) in [7, 11) is 0. The maximum Gasteiger partial charge on any atom is 0.258 e. The standard InChI is InChI=1S/C16H15FN2O3/c1-9-5-6-18-7-11(9)10(2)19-16(20)14-12(17)3-4-13-15(14)22-8-21-13/h3-7,10H,8H2,1-2H3,(H,19,20). The van der Waals surface area contributed by atoms with Crippen LogP contribution in [0.1, 0.15) is 34.5 Å². The molecule has 1 amide bonds. The smallest absolute Gasteiger partial charge is 0.258 e. The van der Waals surface area contributed by atoms with E-state index in [2.05, 4.69) is 10.3 Å². The number of hydrogen-bond acceptors (Lipinski definition) is 4. The van der Waals surface area contributed by atoms with Crippen LogP contribution >= 0.6 is 0 Å². The number of aromatic nitrogens is 1. The lowest BCUT2D eigenvalue weighted by Gasteiger charge is -2.17. The minimum Gasteiger partial charge on any atom is -0.454 e. The van der Waals surface area contributed by atoms with Crippen LogP contribution in [0.3, 0.4) is 0 Å². The molecular formula is C16H15FN2O3. The fourth-order valence-corrected chi connectivity index (χ4v) is 2.44. The van der Waals surface area contributed by atoms with Gasteiger partial charge in [-0.15, -0.1) is 0 Å². The summed E-state index contributed by atoms with van der Waals surface area (Å²) in [6.07, 6.45) is 3.37. The van der Waals surface area contributed by atoms with Crippen molar-refractivity contribution in [1.82, 2.24) is 10.3 Å². The summed E-state index contributed by atoms with van der Waals surface area (Å²) in [4.78, 5) is 16.5. The van der Waals surface area contributed by atoms with Crippen molar-refractivity contribution in [3.8, 4) is 11.5 Å². The summed E-state index contributed by atoms with van der Waals surface area (Å²) in [6, 6.07) is 4.19. The summed E-state index contributed by atoms with van der Waals surface area (Å²) >= 11 is 0. The number of rotatable bonds is 3. The van der Waals surface area contributed by atoms with Crippen molar-refractivity contribution < 1.29 is 18.7 Å². The molecule has 1 unspecified atom stereocenters. The van der Waals surface area contributed by atoms with Gasteiger partial charge in [-0.05, 0) is 43.2 Å². The molecule has 2 aromatic rings. The van der Waals surface area contributed by atoms with Crippen LogP contribution in [-0.2, 0) is 0 Å². The number of carbonyl (C=O) groups excluding carboxylic acids is 1. The quantitative estimate of drug-likeness (QED) is 0.947. The van der Waals surface area contributed by atoms with E-state index in [9.17, 15) is 9.18 Å². The van der Waals surface area contributed by atoms with Gasteiger partial charge >= 0.3 is 0 Å². The van der Waals surface area contributed by atoms with Gasteiger partial charge in [0.1, 0.15) is 11.4 Å². The molecule has 5 nitrogen and oxygen atoms in total. The molecule has 0 spiro atoms. The first-order chi connectivity index (χ1) is 10.6. The lowest BCUT2D eigenvalue weighted by Crippen LogP contribution is -2.28. The molecule has 0 radical (unpaired) electrons. The lowest BCUT2D eigenvalue weighted by molar-refractivity contribution is 0.0930. The third-order valence-corrected chi connectivity index (χ3v) is 3.61. The van der Waals surface area contributed by atoms with Crippen LogP contribution in [0.25, 0.3) is 0 Å². The molecule has 22 heavy (non-hydrogen) atoms. The summed E-state index contributed by atoms with van der Waals surface area (Å²) in [5, 5.41) is 2.77. The molecule has 6 heteroatoms. The first-order valence-corrected chi connectivity index (χ1v) is 6.87. The highest BCUT2D eigenvalue weighted by Gasteiger charge is 2.27. The number of amides is 1. The molecule has 0 bridgehead atoms. The zero-order valence-electron chi connectivity index (χ0n) is 12.2. The van der Waals surface area contributed by atoms with Crippen molar-refractivity contribution in [2.45, 2.75) is 19.9 Å². The van der Waals surface area contributed by atoms with Crippen LogP contribution < -0.4 is 14.8 Å². The summed E-state index contributed by atoms with van der Waals surface area (Å²) in [6.45, 7) is 3.73. The average Bonchev–Trinajstić information content (AvgIpc) is 2.95. The monoisotopic (exact) mass is 302 g/mol. The first kappa shape index (κ1) is 14.3. The number of hydrogen-bond donors (Lipinski definition) is 1. The SMILES string of the molecule is Cc1ccncc1C(C)NC(=O)c1c(F)ccc2c1OCO2. The van der Waals surface area contributed by atoms with E-state index in [4.69, 9.17) is 9.47 Å². The van der Waals surface area contributed by atoms with Crippen molar-refractivity contribution >= 4 is 5.91 Å². The van der Waals surface area contributed by atoms with Gasteiger partial charge in [-0.3, -0.25) is 9.78 Å². The van der Waals surface area contributed by atoms with Gasteiger partial charge in [-0.2, -0.15) is 0 Å². The van der Waals surface area contributed by atoms with Gasteiger partial charge in [0.2, 0.25) is 6.79 Å². The molecule has 0 saturated carbocycles. The van der Waals surface area contributed by atoms with E-state index in [1.165, 1.54) is 12.1 Å². The molecule has 1 atom stereocenters. The average molecular weight is 302 g/mol. The predicted octanol–water partition coefficient (Wildman–Crippen LogP) is 2.75. The molecule has 0 fully saturated rings. The van der Waals surface area contributed by atoms with Gasteiger partial charge in [0, 0.05) is 12.4 Å². The molecule has 0 aliphatic carbocycles. The van der Waals surface area contributed by atoms with Crippen LogP contribution in [0.5, 0.6) is 11.5 Å². The van der Waals surface area contributed by atoms with Gasteiger partial charge in [0.25, 0.3) is 5.91 Å². The van der Waals surface area contributed by atoms with E-state index >= 15 is 0 Å². The number of aryl methyl sites for hydroxylation is 1. The lowest BCUT2D eigenvalue weighted by atomic mass is 10.0. The van der Waals surface area contributed by atoms with Crippen LogP contribution in [0, 0.1) is 12.7 Å². The van der Waals surface area contributed by atoms with E-state index in [1.807, 2.05) is 19.9 Å². The number of pyridine rings is 1. The third kappa shape index (κ3) is 2.47. The maximum absolute atomic E-state index is 14.0. The Morgan fingerprint density at radius 2 is 2.18 bits per heavy atom. The van der Waals surface area contributed by atoms with Crippen LogP contribution in [0.15, 0.2) is 30.6 Å². The fraction of sp³-hybridized carbons (Fsp3) is 0.250. The highest BCUT2D eigenvalue weighted by Crippen LogP contribution is 2.37. The van der Waals surface area contributed by atoms with E-state index < -0.39 is 11.7 Å². The number of nitrogens with zero attached hydrogens (tertiary/aromatic N) is 1. The highest BCUT2D eigenvalue weighted by atomic mass is 19.1. The summed E-state index contributed by atoms with van der Waals surface area (Å²) < 4.78 is 24.4. The normalized spacial score (nSPS) is 13.8. The zero-order valence-corrected chi connectivity index (χ0v) is 12.2. The second-order valence-corrected chi connectivity index (χ2v) is 5.08. The van der Waals surface area contributed by atoms with Gasteiger partial charge in [-0.1, -0.05) is 0 Å². The number of benzene rings is 1. The number of halogens is 1. The molecule has 1 N–H and O–H groups in total. The van der Waals surface area contributed by atoms with Crippen molar-refractivity contribution in [2.75, 3.05) is 6.79 Å². The number of fused-ring (bicyclic) bond motifs is 1. The predicted molar refractivity (Wildman–Crippen MR) is 77.4 cm³/mol. The number of carbonyl (C=O) groups is 1. The second kappa shape index (κ2) is 5.63. The number of ether oxygens (including phenoxy) is 2. The molecule has 1 aliphatic rings. The molecule has 1 aromatic carbocycles. The molecule has 0 saturated heterocycles. The van der Waals surface area contributed by atoms with Gasteiger partial charge < -0.3 is 14.8 Å². The Labute approximate surface area is 127 Å². The molecule has 3 rings (SSSR count). The first-order valence-electron chi connectivity index (χ1n) is 6.87. The maximum atomic E-state index is 14.0. The Kier molecular flexibility index (Phi) is 3.66. The third-order valence-electron chi connectivity index (χ3n) is 3.61. The van der Waals surface area contributed by atoms with E-state index in [-0.39, 0.29) is 24.1 Å². The number of nitrogens with one attached hydrogen (secondary N) is 1. The van der Waals surface area contributed by atoms with Gasteiger partial charge in [0.15, 0.2) is 11.5 Å². The van der Waals surface area contributed by atoms with Gasteiger partial charge in [-0.25, -0.2) is 4.39 Å². The van der Waals surface area contributed by atoms with Crippen LogP contribution in [0.4, 0.5) is 4.39 Å². The molecule has 2 heterocycles. The van der Waals surface area contributed by atoms with Crippen LogP contribution in [-0.4, -0.2) is 17.7 Å². The fourth-order valence-electron chi connectivity index (χ4n) is 2.44. The van der Waals surface area contributed by atoms with E-state index in [0.29, 0.717) is 5.75 Å². The Balaban J connectivity index is 1.87. The van der Waals surface area contributed by atoms with Crippen molar-refractivity contribution in [3.63, 3.8) is 0 Å². The van der Waals surface area contributed by atoms with E-state index in [1.54, 1.807) is 12.4 Å². The van der Waals surface area contributed by atoms with Crippen LogP contribution in [0.2, 0.25) is 0 Å². The van der Waals surface area contributed by atoms with Gasteiger partial charge in [0.05, 0.1) is 6.04 Å². The second-order valence-electron chi connectivity index (χ2n) is 5.08. The molecule has 114 valence electrons. The van der Waals surface area contributed by atoms with Crippen molar-refractivity contribution in [3.05, 3.63) is 53.1 Å². The Morgan fingerprint density at radius 3 is 2.95 bits per heavy atom. The Morgan fingerprint density at radius 1 is 1.36 bits per heavy atom. The zero-order chi connectivity index (χ0) is 15.7. The molecule has 1 aromatic heterocycles. The summed E-state index contributed by atoms with van der Waals surface area (Å²) in [5.74, 6) is -0.670. The van der Waals surface area contributed by atoms with Crippen molar-refractivity contribution in [2.24, 2.45) is 0 Å². The largest absolute Gasteiger partial charge is 0.454 e. The molecular weight excluding hydrogens is 287 g/mol. The minimum atomic E-state index is -0.642. The Hall–Kier alpha value is -2.63. The van der Waals surface area contributed by atoms with Crippen molar-refractivity contribution in [1.29, 1.82) is 0 Å². The summed E-state index contributed by atoms with van der Waals surface area (Å²) in [5.41, 5.74) is 1.74.